The minimum absolute atomic E-state index is 0.0950. The Morgan fingerprint density at radius 1 is 0.974 bits per heavy atom. The number of carbonyl (C=O) groups is 2. The maximum atomic E-state index is 12.4. The monoisotopic (exact) mass is 541 g/mol. The first-order chi connectivity index (χ1) is 19.0. The lowest BCUT2D eigenvalue weighted by molar-refractivity contribution is -0.136. The molecule has 0 bridgehead atoms. The largest absolute Gasteiger partial charge is 0.481 e. The Morgan fingerprint density at radius 2 is 1.79 bits per heavy atom. The molecule has 39 heavy (non-hydrogen) atoms. The number of amides is 1. The van der Waals surface area contributed by atoms with Crippen molar-refractivity contribution in [1.82, 2.24) is 10.3 Å². The average Bonchev–Trinajstić information content (AvgIpc) is 3.72. The Balaban J connectivity index is 1.26. The standard InChI is InChI=1S/C30H27N3O5S/c34-28(35)12-13-31-29(36)21-6-4-19(5-7-21)16-33(24-10-8-20-2-1-3-22(20)14-24)30-32-25(17-39-30)23-9-11-26-27(15-23)38-18-37-26/h4-11,14-15,17H,1-3,12-13,16,18H2,(H,31,36)(H,34,35). The number of hydrogen-bond donors (Lipinski definition) is 2. The van der Waals surface area contributed by atoms with Gasteiger partial charge in [0.05, 0.1) is 18.7 Å². The molecule has 0 fully saturated rings. The van der Waals surface area contributed by atoms with Crippen LogP contribution >= 0.6 is 11.3 Å². The predicted octanol–water partition coefficient (Wildman–Crippen LogP) is 5.57. The van der Waals surface area contributed by atoms with Gasteiger partial charge in [-0.15, -0.1) is 11.3 Å². The molecular weight excluding hydrogens is 514 g/mol. The van der Waals surface area contributed by atoms with Gasteiger partial charge in [-0.2, -0.15) is 0 Å². The van der Waals surface area contributed by atoms with Crippen LogP contribution in [0.25, 0.3) is 11.3 Å². The van der Waals surface area contributed by atoms with E-state index in [9.17, 15) is 9.59 Å². The van der Waals surface area contributed by atoms with Gasteiger partial charge in [-0.25, -0.2) is 4.98 Å². The predicted molar refractivity (Wildman–Crippen MR) is 149 cm³/mol. The summed E-state index contributed by atoms with van der Waals surface area (Å²) in [5.41, 5.74) is 7.24. The van der Waals surface area contributed by atoms with Crippen LogP contribution in [0.2, 0.25) is 0 Å². The number of thiazole rings is 1. The number of ether oxygens (including phenoxy) is 2. The molecule has 6 rings (SSSR count). The second-order valence-corrected chi connectivity index (χ2v) is 10.4. The van der Waals surface area contributed by atoms with E-state index in [0.717, 1.165) is 52.0 Å². The second-order valence-electron chi connectivity index (χ2n) is 9.57. The van der Waals surface area contributed by atoms with Crippen LogP contribution in [0, 0.1) is 0 Å². The zero-order valence-electron chi connectivity index (χ0n) is 21.2. The van der Waals surface area contributed by atoms with E-state index in [-0.39, 0.29) is 25.7 Å². The number of hydrogen-bond acceptors (Lipinski definition) is 7. The highest BCUT2D eigenvalue weighted by Crippen LogP contribution is 2.39. The van der Waals surface area contributed by atoms with E-state index < -0.39 is 5.97 Å². The summed E-state index contributed by atoms with van der Waals surface area (Å²) < 4.78 is 11.0. The molecule has 1 aliphatic heterocycles. The van der Waals surface area contributed by atoms with E-state index in [1.165, 1.54) is 17.5 Å². The van der Waals surface area contributed by atoms with Gasteiger partial charge in [0.15, 0.2) is 16.6 Å². The van der Waals surface area contributed by atoms with Gasteiger partial charge in [0.25, 0.3) is 5.91 Å². The molecule has 1 aliphatic carbocycles. The van der Waals surface area contributed by atoms with Gasteiger partial charge in [0, 0.05) is 28.7 Å². The Morgan fingerprint density at radius 3 is 2.64 bits per heavy atom. The average molecular weight is 542 g/mol. The normalized spacial score (nSPS) is 13.2. The molecule has 2 aliphatic rings. The molecule has 2 N–H and O–H groups in total. The molecule has 0 unspecified atom stereocenters. The third-order valence-electron chi connectivity index (χ3n) is 6.97. The van der Waals surface area contributed by atoms with Crippen LogP contribution in [0.5, 0.6) is 11.5 Å². The fraction of sp³-hybridized carbons (Fsp3) is 0.233. The number of aryl methyl sites for hydroxylation is 2. The minimum atomic E-state index is -0.943. The number of rotatable bonds is 9. The Bertz CT molecular complexity index is 1530. The molecule has 4 aromatic rings. The number of fused-ring (bicyclic) bond motifs is 2. The van der Waals surface area contributed by atoms with Gasteiger partial charge in [0.1, 0.15) is 0 Å². The summed E-state index contributed by atoms with van der Waals surface area (Å²) >= 11 is 1.58. The number of benzene rings is 3. The third kappa shape index (κ3) is 5.44. The smallest absolute Gasteiger partial charge is 0.305 e. The van der Waals surface area contributed by atoms with Crippen LogP contribution in [-0.2, 0) is 24.2 Å². The van der Waals surface area contributed by atoms with Crippen molar-refractivity contribution >= 4 is 34.0 Å². The van der Waals surface area contributed by atoms with Gasteiger partial charge >= 0.3 is 5.97 Å². The van der Waals surface area contributed by atoms with Crippen molar-refractivity contribution in [2.24, 2.45) is 0 Å². The van der Waals surface area contributed by atoms with Crippen LogP contribution < -0.4 is 19.7 Å². The van der Waals surface area contributed by atoms with E-state index in [1.54, 1.807) is 23.5 Å². The highest BCUT2D eigenvalue weighted by atomic mass is 32.1. The number of carbonyl (C=O) groups excluding carboxylic acids is 1. The molecule has 3 aromatic carbocycles. The lowest BCUT2D eigenvalue weighted by Gasteiger charge is -2.23. The summed E-state index contributed by atoms with van der Waals surface area (Å²) in [5.74, 6) is 0.241. The van der Waals surface area contributed by atoms with Crippen molar-refractivity contribution in [3.05, 3.63) is 88.3 Å². The Labute approximate surface area is 229 Å². The molecular formula is C30H27N3O5S. The lowest BCUT2D eigenvalue weighted by Crippen LogP contribution is -2.26. The summed E-state index contributed by atoms with van der Waals surface area (Å²) in [4.78, 5) is 30.3. The molecule has 9 heteroatoms. The van der Waals surface area contributed by atoms with Crippen molar-refractivity contribution in [2.75, 3.05) is 18.2 Å². The van der Waals surface area contributed by atoms with E-state index in [0.29, 0.717) is 12.1 Å². The summed E-state index contributed by atoms with van der Waals surface area (Å²) in [6.07, 6.45) is 3.28. The van der Waals surface area contributed by atoms with Gasteiger partial charge in [-0.3, -0.25) is 9.59 Å². The number of carboxylic acids is 1. The quantitative estimate of drug-likeness (QED) is 0.286. The van der Waals surface area contributed by atoms with E-state index in [4.69, 9.17) is 19.6 Å². The maximum absolute atomic E-state index is 12.4. The fourth-order valence-corrected chi connectivity index (χ4v) is 5.76. The minimum Gasteiger partial charge on any atom is -0.481 e. The van der Waals surface area contributed by atoms with Crippen molar-refractivity contribution in [1.29, 1.82) is 0 Å². The topological polar surface area (TPSA) is 101 Å². The molecule has 8 nitrogen and oxygen atoms in total. The molecule has 1 amide bonds. The lowest BCUT2D eigenvalue weighted by atomic mass is 10.1. The Hall–Kier alpha value is -4.37. The second kappa shape index (κ2) is 10.8. The SMILES string of the molecule is O=C(O)CCNC(=O)c1ccc(CN(c2ccc3c(c2)CCC3)c2nc(-c3ccc4c(c3)OCO4)cs2)cc1. The van der Waals surface area contributed by atoms with Crippen LogP contribution in [-0.4, -0.2) is 35.3 Å². The number of nitrogens with one attached hydrogen (secondary N) is 1. The Kier molecular flexibility index (Phi) is 6.89. The number of carboxylic acid groups (broad SMARTS) is 1. The number of aliphatic carboxylic acids is 1. The molecule has 0 atom stereocenters. The number of aromatic nitrogens is 1. The van der Waals surface area contributed by atoms with Gasteiger partial charge < -0.3 is 24.8 Å². The van der Waals surface area contributed by atoms with Crippen LogP contribution in [0.4, 0.5) is 10.8 Å². The number of anilines is 2. The van der Waals surface area contributed by atoms with Gasteiger partial charge in [-0.1, -0.05) is 18.2 Å². The molecule has 2 heterocycles. The zero-order chi connectivity index (χ0) is 26.8. The molecule has 1 aromatic heterocycles. The zero-order valence-corrected chi connectivity index (χ0v) is 22.0. The first kappa shape index (κ1) is 24.9. The highest BCUT2D eigenvalue weighted by molar-refractivity contribution is 7.14. The van der Waals surface area contributed by atoms with E-state index in [1.807, 2.05) is 30.3 Å². The summed E-state index contributed by atoms with van der Waals surface area (Å²) in [6, 6.07) is 19.9. The first-order valence-electron chi connectivity index (χ1n) is 12.9. The molecule has 0 radical (unpaired) electrons. The summed E-state index contributed by atoms with van der Waals surface area (Å²) in [7, 11) is 0. The van der Waals surface area contributed by atoms with Gasteiger partial charge in [0.2, 0.25) is 6.79 Å². The first-order valence-corrected chi connectivity index (χ1v) is 13.8. The third-order valence-corrected chi connectivity index (χ3v) is 7.83. The van der Waals surface area contributed by atoms with E-state index >= 15 is 0 Å². The summed E-state index contributed by atoms with van der Waals surface area (Å²) in [5, 5.41) is 14.4. The summed E-state index contributed by atoms with van der Waals surface area (Å²) in [6.45, 7) is 0.904. The van der Waals surface area contributed by atoms with Crippen molar-refractivity contribution in [3.63, 3.8) is 0 Å². The number of nitrogens with zero attached hydrogens (tertiary/aromatic N) is 2. The van der Waals surface area contributed by atoms with Crippen LogP contribution in [0.1, 0.15) is 39.9 Å². The highest BCUT2D eigenvalue weighted by Gasteiger charge is 2.20. The van der Waals surface area contributed by atoms with Crippen molar-refractivity contribution in [2.45, 2.75) is 32.2 Å². The van der Waals surface area contributed by atoms with Gasteiger partial charge in [-0.05, 0) is 78.4 Å². The van der Waals surface area contributed by atoms with E-state index in [2.05, 4.69) is 33.8 Å². The molecule has 0 spiro atoms. The fourth-order valence-electron chi connectivity index (χ4n) is 4.90. The molecule has 0 saturated heterocycles. The molecule has 198 valence electrons. The maximum Gasteiger partial charge on any atom is 0.305 e. The van der Waals surface area contributed by atoms with Crippen LogP contribution in [0.3, 0.4) is 0 Å². The molecule has 0 saturated carbocycles. The van der Waals surface area contributed by atoms with Crippen LogP contribution in [0.15, 0.2) is 66.0 Å². The van der Waals surface area contributed by atoms with Crippen molar-refractivity contribution < 1.29 is 24.2 Å². The van der Waals surface area contributed by atoms with Crippen molar-refractivity contribution in [3.8, 4) is 22.8 Å².